The number of hydrogen-bond acceptors (Lipinski definition) is 5. The van der Waals surface area contributed by atoms with E-state index in [4.69, 9.17) is 5.73 Å². The molecule has 23 heavy (non-hydrogen) atoms. The molecule has 3 N–H and O–H groups in total. The standard InChI is InChI=1S/C15H14F2N4OS/c1-7(5-18)2-13-20-10-4-11(23-14(10)15(22)21-13)8-3-12(17)19-6-9(8)16/h3-4,6-7H,2,5,18H2,1H3,(H,20,21,22)/t7-/m1/s1. The van der Waals surface area contributed by atoms with Crippen molar-refractivity contribution in [3.63, 3.8) is 0 Å². The Hall–Kier alpha value is -2.19. The summed E-state index contributed by atoms with van der Waals surface area (Å²) in [5.41, 5.74) is 5.82. The highest BCUT2D eigenvalue weighted by Crippen LogP contribution is 2.32. The Kier molecular flexibility index (Phi) is 4.18. The zero-order valence-corrected chi connectivity index (χ0v) is 13.1. The Morgan fingerprint density at radius 2 is 2.17 bits per heavy atom. The van der Waals surface area contributed by atoms with Gasteiger partial charge in [-0.05, 0) is 18.5 Å². The molecule has 3 rings (SSSR count). The quantitative estimate of drug-likeness (QED) is 0.717. The van der Waals surface area contributed by atoms with Crippen molar-refractivity contribution in [1.29, 1.82) is 0 Å². The summed E-state index contributed by atoms with van der Waals surface area (Å²) in [6.45, 7) is 2.44. The Balaban J connectivity index is 2.10. The van der Waals surface area contributed by atoms with Gasteiger partial charge >= 0.3 is 0 Å². The number of halogens is 2. The van der Waals surface area contributed by atoms with Gasteiger partial charge in [-0.25, -0.2) is 14.4 Å². The molecule has 0 radical (unpaired) electrons. The number of pyridine rings is 1. The number of H-pyrrole nitrogens is 1. The molecule has 3 aromatic heterocycles. The van der Waals surface area contributed by atoms with Crippen molar-refractivity contribution < 1.29 is 8.78 Å². The van der Waals surface area contributed by atoms with Crippen LogP contribution in [0.25, 0.3) is 20.7 Å². The molecule has 3 heterocycles. The SMILES string of the molecule is C[C@@H](CN)Cc1nc2cc(-c3cc(F)ncc3F)sc2c(=O)[nH]1. The molecule has 0 aliphatic rings. The summed E-state index contributed by atoms with van der Waals surface area (Å²) in [5, 5.41) is 0. The van der Waals surface area contributed by atoms with Gasteiger partial charge in [-0.2, -0.15) is 4.39 Å². The molecule has 0 aromatic carbocycles. The van der Waals surface area contributed by atoms with Gasteiger partial charge in [0, 0.05) is 22.9 Å². The van der Waals surface area contributed by atoms with E-state index >= 15 is 0 Å². The lowest BCUT2D eigenvalue weighted by Crippen LogP contribution is -2.17. The first-order valence-corrected chi connectivity index (χ1v) is 7.83. The zero-order chi connectivity index (χ0) is 16.6. The van der Waals surface area contributed by atoms with Crippen LogP contribution in [0.15, 0.2) is 23.1 Å². The van der Waals surface area contributed by atoms with Crippen LogP contribution < -0.4 is 11.3 Å². The molecule has 0 spiro atoms. The van der Waals surface area contributed by atoms with Crippen LogP contribution in [0.5, 0.6) is 0 Å². The average Bonchev–Trinajstić information content (AvgIpc) is 2.94. The van der Waals surface area contributed by atoms with Gasteiger partial charge in [-0.1, -0.05) is 6.92 Å². The molecule has 0 amide bonds. The van der Waals surface area contributed by atoms with Gasteiger partial charge in [-0.15, -0.1) is 11.3 Å². The predicted octanol–water partition coefficient (Wildman–Crippen LogP) is 2.46. The van der Waals surface area contributed by atoms with E-state index in [1.807, 2.05) is 6.92 Å². The number of nitrogens with one attached hydrogen (secondary N) is 1. The molecule has 0 unspecified atom stereocenters. The molecule has 0 aliphatic heterocycles. The maximum atomic E-state index is 13.8. The zero-order valence-electron chi connectivity index (χ0n) is 12.3. The van der Waals surface area contributed by atoms with Crippen molar-refractivity contribution in [3.05, 3.63) is 46.3 Å². The lowest BCUT2D eigenvalue weighted by Gasteiger charge is -2.06. The van der Waals surface area contributed by atoms with Crippen molar-refractivity contribution in [1.82, 2.24) is 15.0 Å². The minimum atomic E-state index is -0.779. The molecule has 8 heteroatoms. The highest BCUT2D eigenvalue weighted by Gasteiger charge is 2.15. The average molecular weight is 336 g/mol. The number of nitrogens with two attached hydrogens (primary N) is 1. The van der Waals surface area contributed by atoms with Crippen LogP contribution in [0.3, 0.4) is 0 Å². The second kappa shape index (κ2) is 6.13. The minimum Gasteiger partial charge on any atom is -0.330 e. The highest BCUT2D eigenvalue weighted by molar-refractivity contribution is 7.22. The van der Waals surface area contributed by atoms with E-state index in [0.29, 0.717) is 33.9 Å². The number of hydrogen-bond donors (Lipinski definition) is 2. The molecule has 0 aliphatic carbocycles. The van der Waals surface area contributed by atoms with Gasteiger partial charge in [0.05, 0.1) is 11.7 Å². The van der Waals surface area contributed by atoms with Crippen LogP contribution in [0.1, 0.15) is 12.7 Å². The maximum Gasteiger partial charge on any atom is 0.268 e. The molecule has 0 fully saturated rings. The topological polar surface area (TPSA) is 84.7 Å². The second-order valence-electron chi connectivity index (χ2n) is 5.37. The van der Waals surface area contributed by atoms with E-state index in [9.17, 15) is 13.6 Å². The monoisotopic (exact) mass is 336 g/mol. The first-order valence-electron chi connectivity index (χ1n) is 7.02. The Morgan fingerprint density at radius 1 is 1.39 bits per heavy atom. The van der Waals surface area contributed by atoms with Crippen LogP contribution in [0, 0.1) is 17.7 Å². The van der Waals surface area contributed by atoms with E-state index < -0.39 is 11.8 Å². The molecule has 0 saturated carbocycles. The fraction of sp³-hybridized carbons (Fsp3) is 0.267. The van der Waals surface area contributed by atoms with E-state index in [0.717, 1.165) is 23.6 Å². The summed E-state index contributed by atoms with van der Waals surface area (Å²) < 4.78 is 27.5. The summed E-state index contributed by atoms with van der Waals surface area (Å²) in [7, 11) is 0. The molecular weight excluding hydrogens is 322 g/mol. The van der Waals surface area contributed by atoms with Crippen molar-refractivity contribution in [2.75, 3.05) is 6.54 Å². The van der Waals surface area contributed by atoms with Crippen molar-refractivity contribution in [3.8, 4) is 10.4 Å². The van der Waals surface area contributed by atoms with E-state index in [1.165, 1.54) is 0 Å². The summed E-state index contributed by atoms with van der Waals surface area (Å²) >= 11 is 1.07. The highest BCUT2D eigenvalue weighted by atomic mass is 32.1. The molecule has 1 atom stereocenters. The lowest BCUT2D eigenvalue weighted by atomic mass is 10.1. The fourth-order valence-electron chi connectivity index (χ4n) is 2.23. The van der Waals surface area contributed by atoms with E-state index in [-0.39, 0.29) is 17.0 Å². The number of nitrogens with zero attached hydrogens (tertiary/aromatic N) is 2. The summed E-state index contributed by atoms with van der Waals surface area (Å²) in [4.78, 5) is 23.0. The first-order chi connectivity index (χ1) is 11.0. The largest absolute Gasteiger partial charge is 0.330 e. The minimum absolute atomic E-state index is 0.0665. The first kappa shape index (κ1) is 15.7. The van der Waals surface area contributed by atoms with Crippen molar-refractivity contribution in [2.45, 2.75) is 13.3 Å². The lowest BCUT2D eigenvalue weighted by molar-refractivity contribution is 0.562. The van der Waals surface area contributed by atoms with Crippen LogP contribution in [-0.2, 0) is 6.42 Å². The van der Waals surface area contributed by atoms with E-state index in [1.54, 1.807) is 6.07 Å². The third kappa shape index (κ3) is 3.13. The van der Waals surface area contributed by atoms with Gasteiger partial charge in [-0.3, -0.25) is 4.79 Å². The van der Waals surface area contributed by atoms with Crippen molar-refractivity contribution >= 4 is 21.6 Å². The van der Waals surface area contributed by atoms with Gasteiger partial charge < -0.3 is 10.7 Å². The van der Waals surface area contributed by atoms with Gasteiger partial charge in [0.1, 0.15) is 16.3 Å². The predicted molar refractivity (Wildman–Crippen MR) is 85.3 cm³/mol. The number of fused-ring (bicyclic) bond motifs is 1. The molecule has 5 nitrogen and oxygen atoms in total. The molecule has 0 bridgehead atoms. The van der Waals surface area contributed by atoms with Crippen LogP contribution in [0.4, 0.5) is 8.78 Å². The summed E-state index contributed by atoms with van der Waals surface area (Å²) in [6, 6.07) is 2.59. The summed E-state index contributed by atoms with van der Waals surface area (Å²) in [5.74, 6) is -0.712. The van der Waals surface area contributed by atoms with Gasteiger partial charge in [0.15, 0.2) is 0 Å². The van der Waals surface area contributed by atoms with Crippen LogP contribution in [-0.4, -0.2) is 21.5 Å². The second-order valence-corrected chi connectivity index (χ2v) is 6.42. The molecule has 120 valence electrons. The Bertz CT molecular complexity index is 921. The number of rotatable bonds is 4. The maximum absolute atomic E-state index is 13.8. The van der Waals surface area contributed by atoms with E-state index in [2.05, 4.69) is 15.0 Å². The summed E-state index contributed by atoms with van der Waals surface area (Å²) in [6.07, 6.45) is 1.37. The fourth-order valence-corrected chi connectivity index (χ4v) is 3.24. The van der Waals surface area contributed by atoms with Gasteiger partial charge in [0.2, 0.25) is 5.95 Å². The van der Waals surface area contributed by atoms with Gasteiger partial charge in [0.25, 0.3) is 5.56 Å². The third-order valence-electron chi connectivity index (χ3n) is 3.46. The van der Waals surface area contributed by atoms with Crippen LogP contribution in [0.2, 0.25) is 0 Å². The smallest absolute Gasteiger partial charge is 0.268 e. The normalized spacial score (nSPS) is 12.7. The van der Waals surface area contributed by atoms with Crippen LogP contribution >= 0.6 is 11.3 Å². The molecule has 0 saturated heterocycles. The molecular formula is C15H14F2N4OS. The Morgan fingerprint density at radius 3 is 2.91 bits per heavy atom. The Labute approximate surface area is 134 Å². The third-order valence-corrected chi connectivity index (χ3v) is 4.62. The number of aromatic amines is 1. The van der Waals surface area contributed by atoms with Crippen molar-refractivity contribution in [2.24, 2.45) is 11.7 Å². The number of aromatic nitrogens is 3. The number of thiophene rings is 1. The molecule has 3 aromatic rings.